The third-order valence-electron chi connectivity index (χ3n) is 6.57. The van der Waals surface area contributed by atoms with Crippen LogP contribution in [-0.4, -0.2) is 49.4 Å². The van der Waals surface area contributed by atoms with Gasteiger partial charge in [-0.15, -0.1) is 0 Å². The van der Waals surface area contributed by atoms with E-state index in [9.17, 15) is 10.1 Å². The predicted molar refractivity (Wildman–Crippen MR) is 148 cm³/mol. The molecule has 9 heteroatoms. The lowest BCUT2D eigenvalue weighted by atomic mass is 10.0. The molecule has 0 radical (unpaired) electrons. The van der Waals surface area contributed by atoms with E-state index in [0.717, 1.165) is 40.6 Å². The molecular weight excluding hydrogens is 500 g/mol. The second-order valence-corrected chi connectivity index (χ2v) is 10.8. The first-order valence-corrected chi connectivity index (χ1v) is 13.0. The van der Waals surface area contributed by atoms with Crippen LogP contribution in [0.3, 0.4) is 0 Å². The number of halogens is 1. The van der Waals surface area contributed by atoms with Gasteiger partial charge in [0.2, 0.25) is 0 Å². The van der Waals surface area contributed by atoms with Gasteiger partial charge in [0.1, 0.15) is 11.2 Å². The normalized spacial score (nSPS) is 15.0. The molecule has 194 valence electrons. The maximum Gasteiger partial charge on any atom is 0.410 e. The molecule has 0 atom stereocenters. The summed E-state index contributed by atoms with van der Waals surface area (Å²) in [4.78, 5) is 21.9. The summed E-state index contributed by atoms with van der Waals surface area (Å²) >= 11 is 6.33. The Bertz CT molecular complexity index is 1550. The third-order valence-corrected chi connectivity index (χ3v) is 6.90. The number of amides is 1. The number of allylic oxidation sites excluding steroid dienone is 1. The van der Waals surface area contributed by atoms with Crippen molar-refractivity contribution in [1.29, 1.82) is 5.26 Å². The van der Waals surface area contributed by atoms with Crippen molar-refractivity contribution in [1.82, 2.24) is 24.6 Å². The van der Waals surface area contributed by atoms with Gasteiger partial charge in [0.25, 0.3) is 0 Å². The van der Waals surface area contributed by atoms with Gasteiger partial charge in [-0.3, -0.25) is 4.68 Å². The summed E-state index contributed by atoms with van der Waals surface area (Å²) in [5.74, 6) is 0. The Hall–Kier alpha value is -4.09. The van der Waals surface area contributed by atoms with Crippen LogP contribution in [0.2, 0.25) is 5.02 Å². The number of carbonyl (C=O) groups excluding carboxylic acids is 1. The minimum absolute atomic E-state index is 0.207. The van der Waals surface area contributed by atoms with Crippen molar-refractivity contribution in [2.45, 2.75) is 45.3 Å². The number of ether oxygens (including phenoxy) is 1. The van der Waals surface area contributed by atoms with Gasteiger partial charge in [-0.25, -0.2) is 9.78 Å². The molecule has 1 aliphatic heterocycles. The second-order valence-electron chi connectivity index (χ2n) is 10.4. The van der Waals surface area contributed by atoms with Crippen LogP contribution in [0.25, 0.3) is 33.8 Å². The van der Waals surface area contributed by atoms with Crippen LogP contribution in [0.5, 0.6) is 0 Å². The number of pyridine rings is 1. The average Bonchev–Trinajstić information content (AvgIpc) is 3.54. The quantitative estimate of drug-likeness (QED) is 0.296. The van der Waals surface area contributed by atoms with Crippen LogP contribution in [-0.2, 0) is 4.74 Å². The molecule has 1 aromatic carbocycles. The molecule has 1 aliphatic rings. The van der Waals surface area contributed by atoms with E-state index in [1.54, 1.807) is 11.0 Å². The first-order chi connectivity index (χ1) is 18.2. The Kier molecular flexibility index (Phi) is 6.96. The lowest BCUT2D eigenvalue weighted by Gasteiger charge is -2.33. The van der Waals surface area contributed by atoms with Gasteiger partial charge in [-0.1, -0.05) is 29.8 Å². The van der Waals surface area contributed by atoms with Gasteiger partial charge in [0, 0.05) is 64.3 Å². The number of nitriles is 1. The highest BCUT2D eigenvalue weighted by atomic mass is 35.5. The Morgan fingerprint density at radius 2 is 1.97 bits per heavy atom. The van der Waals surface area contributed by atoms with Crippen LogP contribution < -0.4 is 0 Å². The Labute approximate surface area is 226 Å². The number of fused-ring (bicyclic) bond motifs is 1. The number of aromatic nitrogens is 4. The molecule has 0 unspecified atom stereocenters. The summed E-state index contributed by atoms with van der Waals surface area (Å²) in [6.45, 7) is 6.90. The maximum absolute atomic E-state index is 12.4. The summed E-state index contributed by atoms with van der Waals surface area (Å²) in [5.41, 5.74) is 4.14. The van der Waals surface area contributed by atoms with Crippen molar-refractivity contribution < 1.29 is 9.53 Å². The fourth-order valence-electron chi connectivity index (χ4n) is 4.63. The number of hydrogen-bond acceptors (Lipinski definition) is 5. The topological polar surface area (TPSA) is 99.8 Å². The number of rotatable bonds is 4. The lowest BCUT2D eigenvalue weighted by molar-refractivity contribution is 0.0185. The minimum Gasteiger partial charge on any atom is -0.444 e. The number of nitrogens with one attached hydrogen (secondary N) is 1. The SMILES string of the molecule is CC(C)(C)OC(=O)N1CCC(n2cc(-c3cnc4[nH]cc(/C=C(\C#N)c5ccccc5Cl)c4c3)cn2)CC1. The number of H-pyrrole nitrogens is 1. The average molecular weight is 529 g/mol. The molecule has 4 aromatic rings. The molecule has 3 aromatic heterocycles. The first kappa shape index (κ1) is 25.6. The number of piperidine rings is 1. The van der Waals surface area contributed by atoms with E-state index in [4.69, 9.17) is 16.3 Å². The van der Waals surface area contributed by atoms with Gasteiger partial charge in [0.15, 0.2) is 0 Å². The predicted octanol–water partition coefficient (Wildman–Crippen LogP) is 6.72. The number of nitrogens with zero attached hydrogens (tertiary/aromatic N) is 5. The minimum atomic E-state index is -0.500. The summed E-state index contributed by atoms with van der Waals surface area (Å²) < 4.78 is 7.49. The van der Waals surface area contributed by atoms with Crippen molar-refractivity contribution in [3.05, 3.63) is 71.3 Å². The summed E-state index contributed by atoms with van der Waals surface area (Å²) in [6.07, 6.45) is 10.7. The molecule has 5 rings (SSSR count). The number of likely N-dealkylation sites (tertiary alicyclic amines) is 1. The smallest absolute Gasteiger partial charge is 0.410 e. The van der Waals surface area contributed by atoms with Crippen LogP contribution >= 0.6 is 11.6 Å². The Morgan fingerprint density at radius 1 is 1.21 bits per heavy atom. The molecule has 0 spiro atoms. The molecule has 38 heavy (non-hydrogen) atoms. The molecule has 1 N–H and O–H groups in total. The van der Waals surface area contributed by atoms with Crippen LogP contribution in [0.1, 0.15) is 50.8 Å². The second kappa shape index (κ2) is 10.3. The zero-order valence-corrected chi connectivity index (χ0v) is 22.4. The third kappa shape index (κ3) is 5.43. The highest BCUT2D eigenvalue weighted by molar-refractivity contribution is 6.32. The van der Waals surface area contributed by atoms with Crippen LogP contribution in [0.4, 0.5) is 4.79 Å². The molecule has 1 fully saturated rings. The van der Waals surface area contributed by atoms with Gasteiger partial charge in [-0.05, 0) is 51.8 Å². The van der Waals surface area contributed by atoms with Gasteiger partial charge >= 0.3 is 6.09 Å². The van der Waals surface area contributed by atoms with Crippen molar-refractivity contribution in [3.63, 3.8) is 0 Å². The molecule has 8 nitrogen and oxygen atoms in total. The van der Waals surface area contributed by atoms with Crippen LogP contribution in [0, 0.1) is 11.3 Å². The summed E-state index contributed by atoms with van der Waals surface area (Å²) in [6, 6.07) is 11.8. The van der Waals surface area contributed by atoms with E-state index in [2.05, 4.69) is 27.2 Å². The molecule has 1 saturated heterocycles. The maximum atomic E-state index is 12.4. The van der Waals surface area contributed by atoms with Gasteiger partial charge < -0.3 is 14.6 Å². The molecule has 0 saturated carbocycles. The fourth-order valence-corrected chi connectivity index (χ4v) is 4.87. The van der Waals surface area contributed by atoms with E-state index in [-0.39, 0.29) is 12.1 Å². The Morgan fingerprint density at radius 3 is 2.68 bits per heavy atom. The van der Waals surface area contributed by atoms with E-state index < -0.39 is 5.60 Å². The number of hydrogen-bond donors (Lipinski definition) is 1. The molecule has 0 aliphatic carbocycles. The number of carbonyl (C=O) groups is 1. The molecule has 0 bridgehead atoms. The van der Waals surface area contributed by atoms with E-state index in [1.807, 2.05) is 74.5 Å². The van der Waals surface area contributed by atoms with Crippen molar-refractivity contribution in [2.75, 3.05) is 13.1 Å². The standard InChI is InChI=1S/C29H29ClN6O2/c1-29(2,3)38-28(37)35-10-8-23(9-11-35)36-18-22(17-34-36)20-13-25-21(16-33-27(25)32-15-20)12-19(14-31)24-6-4-5-7-26(24)30/h4-7,12-13,15-18,23H,8-11H2,1-3H3,(H,32,33)/b19-12+. The van der Waals surface area contributed by atoms with Gasteiger partial charge in [0.05, 0.1) is 23.9 Å². The van der Waals surface area contributed by atoms with Gasteiger partial charge in [-0.2, -0.15) is 10.4 Å². The lowest BCUT2D eigenvalue weighted by Crippen LogP contribution is -2.42. The Balaban J connectivity index is 1.35. The highest BCUT2D eigenvalue weighted by Crippen LogP contribution is 2.31. The van der Waals surface area contributed by atoms with Crippen molar-refractivity contribution in [3.8, 4) is 17.2 Å². The van der Waals surface area contributed by atoms with Crippen LogP contribution in [0.15, 0.2) is 55.1 Å². The first-order valence-electron chi connectivity index (χ1n) is 12.6. The summed E-state index contributed by atoms with van der Waals surface area (Å²) in [5, 5.41) is 15.8. The monoisotopic (exact) mass is 528 g/mol. The van der Waals surface area contributed by atoms with E-state index in [0.29, 0.717) is 29.2 Å². The van der Waals surface area contributed by atoms with E-state index in [1.165, 1.54) is 0 Å². The molecule has 1 amide bonds. The number of benzene rings is 1. The zero-order chi connectivity index (χ0) is 26.9. The molecule has 4 heterocycles. The highest BCUT2D eigenvalue weighted by Gasteiger charge is 2.28. The van der Waals surface area contributed by atoms with Crippen molar-refractivity contribution >= 4 is 40.4 Å². The summed E-state index contributed by atoms with van der Waals surface area (Å²) in [7, 11) is 0. The zero-order valence-electron chi connectivity index (χ0n) is 21.6. The van der Waals surface area contributed by atoms with Crippen molar-refractivity contribution in [2.24, 2.45) is 0 Å². The molecular formula is C29H29ClN6O2. The fraction of sp³-hybridized carbons (Fsp3) is 0.310. The largest absolute Gasteiger partial charge is 0.444 e. The van der Waals surface area contributed by atoms with E-state index >= 15 is 0 Å². The number of aromatic amines is 1.